The molecule has 0 unspecified atom stereocenters. The van der Waals surface area contributed by atoms with Gasteiger partial charge in [0.25, 0.3) is 5.91 Å². The average molecular weight is 419 g/mol. The molecule has 1 N–H and O–H groups in total. The van der Waals surface area contributed by atoms with E-state index in [4.69, 9.17) is 9.47 Å². The Bertz CT molecular complexity index is 977. The van der Waals surface area contributed by atoms with Crippen LogP contribution in [0, 0.1) is 6.92 Å². The van der Waals surface area contributed by atoms with Gasteiger partial charge in [-0.1, -0.05) is 30.3 Å². The Morgan fingerprint density at radius 2 is 1.93 bits per heavy atom. The fourth-order valence-electron chi connectivity index (χ4n) is 3.17. The number of nitrogens with zero attached hydrogens (tertiary/aromatic N) is 1. The Morgan fingerprint density at radius 1 is 1.24 bits per heavy atom. The van der Waals surface area contributed by atoms with Gasteiger partial charge in [0.1, 0.15) is 18.1 Å². The van der Waals surface area contributed by atoms with Crippen molar-refractivity contribution >= 4 is 21.6 Å². The van der Waals surface area contributed by atoms with E-state index in [9.17, 15) is 13.2 Å². The minimum Gasteiger partial charge on any atom is -0.491 e. The number of sulfonamides is 1. The van der Waals surface area contributed by atoms with E-state index in [1.165, 1.54) is 4.31 Å². The maximum Gasteiger partial charge on any atom is 0.261 e. The summed E-state index contributed by atoms with van der Waals surface area (Å²) in [6, 6.07) is 14.3. The van der Waals surface area contributed by atoms with Gasteiger partial charge in [-0.05, 0) is 37.6 Å². The van der Waals surface area contributed by atoms with Gasteiger partial charge >= 0.3 is 0 Å². The molecule has 1 aliphatic rings. The van der Waals surface area contributed by atoms with Gasteiger partial charge in [0.05, 0.1) is 18.0 Å². The van der Waals surface area contributed by atoms with E-state index >= 15 is 0 Å². The number of fused-ring (bicyclic) bond motifs is 1. The number of anilines is 1. The average Bonchev–Trinajstić information content (AvgIpc) is 2.87. The molecule has 0 radical (unpaired) electrons. The highest BCUT2D eigenvalue weighted by Crippen LogP contribution is 2.33. The Morgan fingerprint density at radius 3 is 2.66 bits per heavy atom. The third-order valence-electron chi connectivity index (χ3n) is 4.66. The minimum absolute atomic E-state index is 0.169. The second-order valence-electron chi connectivity index (χ2n) is 7.18. The maximum atomic E-state index is 12.7. The third-order valence-corrected chi connectivity index (χ3v) is 5.84. The lowest BCUT2D eigenvalue weighted by atomic mass is 10.2. The zero-order chi connectivity index (χ0) is 21.0. The summed E-state index contributed by atoms with van der Waals surface area (Å²) in [6.45, 7) is 4.30. The standard InChI is InChI=1S/C21H26N2O5S/c1-15-8-4-6-10-18(15)27-14-16(2)22-21(24)20-12-13-23(29(3,25)26)17-9-5-7-11-19(17)28-20/h4-11,16,20H,12-14H2,1-3H3,(H,22,24)/t16-,20+/m1/s1. The first kappa shape index (κ1) is 21.0. The highest BCUT2D eigenvalue weighted by atomic mass is 32.2. The van der Waals surface area contributed by atoms with Crippen molar-refractivity contribution in [3.8, 4) is 11.5 Å². The van der Waals surface area contributed by atoms with E-state index in [1.807, 2.05) is 38.1 Å². The normalized spacial score (nSPS) is 17.5. The Labute approximate surface area is 171 Å². The molecule has 1 amide bonds. The summed E-state index contributed by atoms with van der Waals surface area (Å²) < 4.78 is 37.2. The van der Waals surface area contributed by atoms with E-state index in [-0.39, 0.29) is 24.9 Å². The van der Waals surface area contributed by atoms with Crippen LogP contribution in [0.3, 0.4) is 0 Å². The van der Waals surface area contributed by atoms with Gasteiger partial charge in [-0.15, -0.1) is 0 Å². The smallest absolute Gasteiger partial charge is 0.261 e. The van der Waals surface area contributed by atoms with Crippen LogP contribution in [0.15, 0.2) is 48.5 Å². The molecule has 2 atom stereocenters. The zero-order valence-corrected chi connectivity index (χ0v) is 17.6. The van der Waals surface area contributed by atoms with Gasteiger partial charge in [-0.2, -0.15) is 0 Å². The number of para-hydroxylation sites is 3. The number of hydrogen-bond acceptors (Lipinski definition) is 5. The van der Waals surface area contributed by atoms with E-state index in [1.54, 1.807) is 24.3 Å². The molecule has 0 aromatic heterocycles. The molecule has 156 valence electrons. The van der Waals surface area contributed by atoms with Gasteiger partial charge < -0.3 is 14.8 Å². The number of aryl methyl sites for hydroxylation is 1. The summed E-state index contributed by atoms with van der Waals surface area (Å²) in [4.78, 5) is 12.7. The molecular weight excluding hydrogens is 392 g/mol. The molecule has 0 saturated carbocycles. The SMILES string of the molecule is Cc1ccccc1OC[C@@H](C)NC(=O)[C@@H]1CCN(S(C)(=O)=O)c2ccccc2O1. The highest BCUT2D eigenvalue weighted by Gasteiger charge is 2.31. The summed E-state index contributed by atoms with van der Waals surface area (Å²) in [6.07, 6.45) is 0.609. The van der Waals surface area contributed by atoms with Crippen molar-refractivity contribution in [3.05, 3.63) is 54.1 Å². The fourth-order valence-corrected chi connectivity index (χ4v) is 4.11. The van der Waals surface area contributed by atoms with Crippen molar-refractivity contribution in [2.75, 3.05) is 23.7 Å². The minimum atomic E-state index is -3.48. The highest BCUT2D eigenvalue weighted by molar-refractivity contribution is 7.92. The van der Waals surface area contributed by atoms with Crippen LogP contribution in [-0.4, -0.2) is 45.9 Å². The lowest BCUT2D eigenvalue weighted by Crippen LogP contribution is -2.45. The first-order valence-electron chi connectivity index (χ1n) is 9.48. The second kappa shape index (κ2) is 8.73. The number of hydrogen-bond donors (Lipinski definition) is 1. The Balaban J connectivity index is 1.65. The van der Waals surface area contributed by atoms with Crippen LogP contribution in [0.4, 0.5) is 5.69 Å². The van der Waals surface area contributed by atoms with Gasteiger partial charge in [0, 0.05) is 13.0 Å². The number of carbonyl (C=O) groups is 1. The second-order valence-corrected chi connectivity index (χ2v) is 9.09. The lowest BCUT2D eigenvalue weighted by molar-refractivity contribution is -0.128. The third kappa shape index (κ3) is 5.20. The first-order valence-corrected chi connectivity index (χ1v) is 11.3. The molecule has 3 rings (SSSR count). The molecule has 7 nitrogen and oxygen atoms in total. The fraction of sp³-hybridized carbons (Fsp3) is 0.381. The van der Waals surface area contributed by atoms with E-state index in [0.717, 1.165) is 17.6 Å². The molecule has 1 aliphatic heterocycles. The zero-order valence-electron chi connectivity index (χ0n) is 16.8. The molecule has 0 fully saturated rings. The van der Waals surface area contributed by atoms with Gasteiger partial charge in [-0.3, -0.25) is 9.10 Å². The number of nitrogens with one attached hydrogen (secondary N) is 1. The number of benzene rings is 2. The number of rotatable bonds is 6. The van der Waals surface area contributed by atoms with Crippen molar-refractivity contribution in [3.63, 3.8) is 0 Å². The summed E-state index contributed by atoms with van der Waals surface area (Å²) in [5.41, 5.74) is 1.47. The van der Waals surface area contributed by atoms with Crippen LogP contribution in [0.25, 0.3) is 0 Å². The maximum absolute atomic E-state index is 12.7. The van der Waals surface area contributed by atoms with Crippen LogP contribution < -0.4 is 19.1 Å². The van der Waals surface area contributed by atoms with Crippen LogP contribution in [0.2, 0.25) is 0 Å². The van der Waals surface area contributed by atoms with Crippen LogP contribution in [0.1, 0.15) is 18.9 Å². The van der Waals surface area contributed by atoms with Crippen LogP contribution in [0.5, 0.6) is 11.5 Å². The largest absolute Gasteiger partial charge is 0.491 e. The van der Waals surface area contributed by atoms with E-state index < -0.39 is 16.1 Å². The Hall–Kier alpha value is -2.74. The van der Waals surface area contributed by atoms with Crippen molar-refractivity contribution in [2.45, 2.75) is 32.4 Å². The molecule has 29 heavy (non-hydrogen) atoms. The molecule has 1 heterocycles. The predicted molar refractivity (Wildman–Crippen MR) is 112 cm³/mol. The number of carbonyl (C=O) groups excluding carboxylic acids is 1. The van der Waals surface area contributed by atoms with Crippen molar-refractivity contribution in [1.29, 1.82) is 0 Å². The van der Waals surface area contributed by atoms with Crippen molar-refractivity contribution < 1.29 is 22.7 Å². The molecule has 8 heteroatoms. The lowest BCUT2D eigenvalue weighted by Gasteiger charge is -2.20. The molecule has 0 bridgehead atoms. The van der Waals surface area contributed by atoms with Crippen molar-refractivity contribution in [1.82, 2.24) is 5.32 Å². The van der Waals surface area contributed by atoms with Gasteiger partial charge in [0.15, 0.2) is 6.10 Å². The molecule has 0 saturated heterocycles. The molecule has 2 aromatic carbocycles. The van der Waals surface area contributed by atoms with E-state index in [0.29, 0.717) is 18.0 Å². The number of ether oxygens (including phenoxy) is 2. The molecule has 0 aliphatic carbocycles. The summed E-state index contributed by atoms with van der Waals surface area (Å²) in [5, 5.41) is 2.89. The monoisotopic (exact) mass is 418 g/mol. The van der Waals surface area contributed by atoms with Crippen LogP contribution >= 0.6 is 0 Å². The number of amides is 1. The van der Waals surface area contributed by atoms with Gasteiger partial charge in [0.2, 0.25) is 10.0 Å². The van der Waals surface area contributed by atoms with E-state index in [2.05, 4.69) is 5.32 Å². The quantitative estimate of drug-likeness (QED) is 0.779. The van der Waals surface area contributed by atoms with Gasteiger partial charge in [-0.25, -0.2) is 8.42 Å². The Kier molecular flexibility index (Phi) is 6.32. The molecule has 2 aromatic rings. The summed E-state index contributed by atoms with van der Waals surface area (Å²) >= 11 is 0. The predicted octanol–water partition coefficient (Wildman–Crippen LogP) is 2.50. The molecular formula is C21H26N2O5S. The van der Waals surface area contributed by atoms with Crippen LogP contribution in [-0.2, 0) is 14.8 Å². The van der Waals surface area contributed by atoms with Crippen molar-refractivity contribution in [2.24, 2.45) is 0 Å². The summed E-state index contributed by atoms with van der Waals surface area (Å²) in [7, 11) is -3.48. The first-order chi connectivity index (χ1) is 13.8. The topological polar surface area (TPSA) is 84.9 Å². The summed E-state index contributed by atoms with van der Waals surface area (Å²) in [5.74, 6) is 0.854. The molecule has 0 spiro atoms.